The second kappa shape index (κ2) is 2.39. The summed E-state index contributed by atoms with van der Waals surface area (Å²) < 4.78 is 6.39. The number of hydrogen-bond acceptors (Lipinski definition) is 3. The predicted molar refractivity (Wildman–Crippen MR) is 50.6 cm³/mol. The van der Waals surface area contributed by atoms with E-state index in [1.54, 1.807) is 13.1 Å². The summed E-state index contributed by atoms with van der Waals surface area (Å²) >= 11 is 0. The fraction of sp³-hybridized carbons (Fsp3) is 0.222. The van der Waals surface area contributed by atoms with E-state index in [0.717, 1.165) is 5.56 Å². The highest BCUT2D eigenvalue weighted by Gasteiger charge is 2.08. The molecule has 0 radical (unpaired) electrons. The number of aryl methyl sites for hydroxylation is 2. The topological polar surface area (TPSA) is 61.2 Å². The van der Waals surface area contributed by atoms with Crippen molar-refractivity contribution in [2.24, 2.45) is 7.05 Å². The van der Waals surface area contributed by atoms with Crippen molar-refractivity contribution in [3.63, 3.8) is 0 Å². The average Bonchev–Trinajstić information content (AvgIpc) is 2.27. The fourth-order valence-electron chi connectivity index (χ4n) is 1.46. The number of oxazole rings is 1. The van der Waals surface area contributed by atoms with Crippen LogP contribution in [0.25, 0.3) is 11.1 Å². The van der Waals surface area contributed by atoms with Crippen LogP contribution < -0.4 is 11.5 Å². The van der Waals surface area contributed by atoms with E-state index in [-0.39, 0.29) is 5.76 Å². The highest BCUT2D eigenvalue weighted by molar-refractivity contribution is 5.86. The summed E-state index contributed by atoms with van der Waals surface area (Å²) in [6, 6.07) is 3.62. The maximum absolute atomic E-state index is 11.1. The molecule has 0 spiro atoms. The minimum Gasteiger partial charge on any atom is -0.408 e. The largest absolute Gasteiger partial charge is 0.419 e. The standard InChI is InChI=1S/C9H10N2O2/c1-5-3-6(10)8-7(4-5)13-9(12)11(8)2/h3-4H,10H2,1-2H3. The van der Waals surface area contributed by atoms with Crippen molar-refractivity contribution in [2.75, 3.05) is 5.73 Å². The number of fused-ring (bicyclic) bond motifs is 1. The Kier molecular flexibility index (Phi) is 1.45. The number of anilines is 1. The number of nitrogens with two attached hydrogens (primary N) is 1. The van der Waals surface area contributed by atoms with Gasteiger partial charge in [0.25, 0.3) is 0 Å². The van der Waals surface area contributed by atoms with Crippen LogP contribution in [0.2, 0.25) is 0 Å². The zero-order valence-electron chi connectivity index (χ0n) is 7.50. The number of rotatable bonds is 0. The lowest BCUT2D eigenvalue weighted by atomic mass is 10.2. The van der Waals surface area contributed by atoms with Crippen molar-refractivity contribution in [3.8, 4) is 0 Å². The summed E-state index contributed by atoms with van der Waals surface area (Å²) in [5.74, 6) is -0.382. The van der Waals surface area contributed by atoms with Crippen molar-refractivity contribution in [2.45, 2.75) is 6.92 Å². The molecule has 0 aliphatic rings. The van der Waals surface area contributed by atoms with Gasteiger partial charge in [0.2, 0.25) is 0 Å². The quantitative estimate of drug-likeness (QED) is 0.613. The van der Waals surface area contributed by atoms with Gasteiger partial charge in [-0.15, -0.1) is 0 Å². The van der Waals surface area contributed by atoms with Gasteiger partial charge in [-0.05, 0) is 24.6 Å². The van der Waals surface area contributed by atoms with E-state index in [1.165, 1.54) is 4.57 Å². The molecule has 13 heavy (non-hydrogen) atoms. The Balaban J connectivity index is 3.03. The molecule has 4 heteroatoms. The Bertz CT molecular complexity index is 522. The van der Waals surface area contributed by atoms with Crippen LogP contribution in [0.15, 0.2) is 21.3 Å². The van der Waals surface area contributed by atoms with Crippen LogP contribution in [0.5, 0.6) is 0 Å². The lowest BCUT2D eigenvalue weighted by Crippen LogP contribution is -2.09. The number of nitrogens with zero attached hydrogens (tertiary/aromatic N) is 1. The first kappa shape index (κ1) is 7.91. The Morgan fingerprint density at radius 1 is 1.46 bits per heavy atom. The van der Waals surface area contributed by atoms with Crippen LogP contribution in [-0.2, 0) is 7.05 Å². The van der Waals surface area contributed by atoms with Crippen molar-refractivity contribution in [1.29, 1.82) is 0 Å². The molecule has 0 amide bonds. The summed E-state index contributed by atoms with van der Waals surface area (Å²) in [5.41, 5.74) is 8.52. The first-order valence-corrected chi connectivity index (χ1v) is 3.95. The van der Waals surface area contributed by atoms with Crippen LogP contribution in [0, 0.1) is 6.92 Å². The molecule has 0 atom stereocenters. The van der Waals surface area contributed by atoms with E-state index in [2.05, 4.69) is 0 Å². The van der Waals surface area contributed by atoms with E-state index >= 15 is 0 Å². The van der Waals surface area contributed by atoms with Gasteiger partial charge in [-0.3, -0.25) is 4.57 Å². The van der Waals surface area contributed by atoms with Crippen LogP contribution >= 0.6 is 0 Å². The SMILES string of the molecule is Cc1cc(N)c2c(c1)oc(=O)n2C. The van der Waals surface area contributed by atoms with Crippen molar-refractivity contribution < 1.29 is 4.42 Å². The summed E-state index contributed by atoms with van der Waals surface area (Å²) in [7, 11) is 1.64. The third-order valence-corrected chi connectivity index (χ3v) is 2.06. The molecule has 0 fully saturated rings. The molecule has 0 saturated heterocycles. The van der Waals surface area contributed by atoms with E-state index < -0.39 is 0 Å². The van der Waals surface area contributed by atoms with Gasteiger partial charge in [-0.1, -0.05) is 0 Å². The summed E-state index contributed by atoms with van der Waals surface area (Å²) in [4.78, 5) is 11.1. The summed E-state index contributed by atoms with van der Waals surface area (Å²) in [5, 5.41) is 0. The Morgan fingerprint density at radius 2 is 2.15 bits per heavy atom. The molecule has 2 rings (SSSR count). The van der Waals surface area contributed by atoms with Gasteiger partial charge in [0.1, 0.15) is 5.52 Å². The number of hydrogen-bond donors (Lipinski definition) is 1. The highest BCUT2D eigenvalue weighted by atomic mass is 16.4. The van der Waals surface area contributed by atoms with Gasteiger partial charge < -0.3 is 10.2 Å². The van der Waals surface area contributed by atoms with Crippen molar-refractivity contribution in [3.05, 3.63) is 28.2 Å². The van der Waals surface area contributed by atoms with E-state index in [4.69, 9.17) is 10.2 Å². The van der Waals surface area contributed by atoms with E-state index in [9.17, 15) is 4.79 Å². The first-order chi connectivity index (χ1) is 6.09. The maximum Gasteiger partial charge on any atom is 0.419 e. The smallest absolute Gasteiger partial charge is 0.408 e. The second-order valence-corrected chi connectivity index (χ2v) is 3.13. The fourth-order valence-corrected chi connectivity index (χ4v) is 1.46. The number of nitrogen functional groups attached to an aromatic ring is 1. The van der Waals surface area contributed by atoms with Gasteiger partial charge in [-0.25, -0.2) is 4.79 Å². The molecule has 68 valence electrons. The third kappa shape index (κ3) is 1.02. The van der Waals surface area contributed by atoms with Crippen LogP contribution in [-0.4, -0.2) is 4.57 Å². The molecule has 0 aliphatic heterocycles. The Morgan fingerprint density at radius 3 is 2.85 bits per heavy atom. The van der Waals surface area contributed by atoms with Gasteiger partial charge in [0.05, 0.1) is 5.69 Å². The molecule has 1 aromatic heterocycles. The van der Waals surface area contributed by atoms with E-state index in [1.807, 2.05) is 13.0 Å². The zero-order valence-corrected chi connectivity index (χ0v) is 7.50. The predicted octanol–water partition coefficient (Wildman–Crippen LogP) is 1.02. The highest BCUT2D eigenvalue weighted by Crippen LogP contribution is 2.20. The Labute approximate surface area is 74.6 Å². The average molecular weight is 178 g/mol. The molecule has 2 aromatic rings. The molecular formula is C9H10N2O2. The number of benzene rings is 1. The lowest BCUT2D eigenvalue weighted by molar-refractivity contribution is 0.528. The summed E-state index contributed by atoms with van der Waals surface area (Å²) in [6.07, 6.45) is 0. The van der Waals surface area contributed by atoms with E-state index in [0.29, 0.717) is 16.8 Å². The second-order valence-electron chi connectivity index (χ2n) is 3.13. The molecule has 1 heterocycles. The maximum atomic E-state index is 11.1. The van der Waals surface area contributed by atoms with Crippen molar-refractivity contribution >= 4 is 16.8 Å². The molecule has 1 aromatic carbocycles. The minimum absolute atomic E-state index is 0.382. The first-order valence-electron chi connectivity index (χ1n) is 3.95. The van der Waals surface area contributed by atoms with Gasteiger partial charge in [-0.2, -0.15) is 0 Å². The molecule has 4 nitrogen and oxygen atoms in total. The van der Waals surface area contributed by atoms with Crippen LogP contribution in [0.1, 0.15) is 5.56 Å². The zero-order chi connectivity index (χ0) is 9.59. The van der Waals surface area contributed by atoms with Gasteiger partial charge >= 0.3 is 5.76 Å². The van der Waals surface area contributed by atoms with Gasteiger partial charge in [0.15, 0.2) is 5.58 Å². The normalized spacial score (nSPS) is 10.9. The molecular weight excluding hydrogens is 168 g/mol. The van der Waals surface area contributed by atoms with Crippen LogP contribution in [0.4, 0.5) is 5.69 Å². The molecule has 0 unspecified atom stereocenters. The number of aromatic nitrogens is 1. The molecule has 2 N–H and O–H groups in total. The monoisotopic (exact) mass is 178 g/mol. The van der Waals surface area contributed by atoms with Gasteiger partial charge in [0, 0.05) is 7.05 Å². The molecule has 0 saturated carbocycles. The Hall–Kier alpha value is -1.71. The molecule has 0 bridgehead atoms. The van der Waals surface area contributed by atoms with Crippen LogP contribution in [0.3, 0.4) is 0 Å². The molecule has 0 aliphatic carbocycles. The summed E-state index contributed by atoms with van der Waals surface area (Å²) in [6.45, 7) is 1.91. The van der Waals surface area contributed by atoms with Crippen molar-refractivity contribution in [1.82, 2.24) is 4.57 Å². The third-order valence-electron chi connectivity index (χ3n) is 2.06. The lowest BCUT2D eigenvalue weighted by Gasteiger charge is -1.98. The minimum atomic E-state index is -0.382.